The Labute approximate surface area is 88.6 Å². The maximum Gasteiger partial charge on any atom is 0.0465 e. The Hall–Kier alpha value is -0.980. The van der Waals surface area contributed by atoms with Crippen LogP contribution in [0, 0.1) is 0 Å². The SMILES string of the molecule is C=CCCC(=C)NC(CCC)C(=C)C. The van der Waals surface area contributed by atoms with Crippen LogP contribution in [0.3, 0.4) is 0 Å². The average Bonchev–Trinajstić information content (AvgIpc) is 2.14. The van der Waals surface area contributed by atoms with E-state index in [-0.39, 0.29) is 0 Å². The fourth-order valence-corrected chi connectivity index (χ4v) is 1.33. The second-order valence-electron chi connectivity index (χ2n) is 3.76. The summed E-state index contributed by atoms with van der Waals surface area (Å²) in [7, 11) is 0. The summed E-state index contributed by atoms with van der Waals surface area (Å²) in [5.41, 5.74) is 2.28. The van der Waals surface area contributed by atoms with Gasteiger partial charge >= 0.3 is 0 Å². The van der Waals surface area contributed by atoms with E-state index in [4.69, 9.17) is 0 Å². The third-order valence-electron chi connectivity index (χ3n) is 2.20. The standard InChI is InChI=1S/C13H23N/c1-6-8-10-12(5)14-13(9-7-2)11(3)4/h6,13-14H,1,3,5,7-10H2,2,4H3. The lowest BCUT2D eigenvalue weighted by molar-refractivity contribution is 0.570. The molecule has 0 fully saturated rings. The first-order valence-corrected chi connectivity index (χ1v) is 5.32. The lowest BCUT2D eigenvalue weighted by Gasteiger charge is -2.20. The van der Waals surface area contributed by atoms with E-state index < -0.39 is 0 Å². The predicted octanol–water partition coefficient (Wildman–Crippen LogP) is 3.80. The van der Waals surface area contributed by atoms with E-state index in [1.165, 1.54) is 12.0 Å². The highest BCUT2D eigenvalue weighted by molar-refractivity contribution is 5.07. The van der Waals surface area contributed by atoms with Crippen molar-refractivity contribution < 1.29 is 0 Å². The van der Waals surface area contributed by atoms with Crippen LogP contribution in [0.15, 0.2) is 37.1 Å². The van der Waals surface area contributed by atoms with Gasteiger partial charge in [-0.05, 0) is 26.2 Å². The van der Waals surface area contributed by atoms with Gasteiger partial charge in [0.05, 0.1) is 0 Å². The van der Waals surface area contributed by atoms with Gasteiger partial charge in [0, 0.05) is 11.7 Å². The molecule has 0 saturated heterocycles. The van der Waals surface area contributed by atoms with Crippen LogP contribution in [0.4, 0.5) is 0 Å². The third-order valence-corrected chi connectivity index (χ3v) is 2.20. The van der Waals surface area contributed by atoms with E-state index in [0.717, 1.165) is 25.0 Å². The van der Waals surface area contributed by atoms with Crippen LogP contribution in [0.2, 0.25) is 0 Å². The van der Waals surface area contributed by atoms with Gasteiger partial charge in [0.15, 0.2) is 0 Å². The zero-order valence-corrected chi connectivity index (χ0v) is 9.60. The van der Waals surface area contributed by atoms with Crippen molar-refractivity contribution in [2.24, 2.45) is 0 Å². The Balaban J connectivity index is 3.95. The van der Waals surface area contributed by atoms with Gasteiger partial charge < -0.3 is 5.32 Å². The summed E-state index contributed by atoms with van der Waals surface area (Å²) >= 11 is 0. The van der Waals surface area contributed by atoms with Crippen molar-refractivity contribution in [3.8, 4) is 0 Å². The zero-order chi connectivity index (χ0) is 11.0. The highest BCUT2D eigenvalue weighted by Gasteiger charge is 2.07. The second-order valence-corrected chi connectivity index (χ2v) is 3.76. The summed E-state index contributed by atoms with van der Waals surface area (Å²) in [6, 6.07) is 0.386. The molecule has 0 bridgehead atoms. The van der Waals surface area contributed by atoms with Gasteiger partial charge in [0.1, 0.15) is 0 Å². The van der Waals surface area contributed by atoms with E-state index >= 15 is 0 Å². The molecule has 0 radical (unpaired) electrons. The quantitative estimate of drug-likeness (QED) is 0.578. The van der Waals surface area contributed by atoms with E-state index in [0.29, 0.717) is 6.04 Å². The Kier molecular flexibility index (Phi) is 6.91. The maximum absolute atomic E-state index is 4.00. The lowest BCUT2D eigenvalue weighted by atomic mass is 10.0. The molecule has 0 rings (SSSR count). The minimum Gasteiger partial charge on any atom is -0.382 e. The van der Waals surface area contributed by atoms with Crippen molar-refractivity contribution in [1.82, 2.24) is 5.32 Å². The fourth-order valence-electron chi connectivity index (χ4n) is 1.33. The summed E-state index contributed by atoms with van der Waals surface area (Å²) in [6.45, 7) is 15.9. The van der Waals surface area contributed by atoms with Crippen LogP contribution in [0.5, 0.6) is 0 Å². The first-order chi connectivity index (χ1) is 6.61. The van der Waals surface area contributed by atoms with Gasteiger partial charge in [0.25, 0.3) is 0 Å². The van der Waals surface area contributed by atoms with Crippen LogP contribution in [0.1, 0.15) is 39.5 Å². The summed E-state index contributed by atoms with van der Waals surface area (Å²) in [4.78, 5) is 0. The van der Waals surface area contributed by atoms with Gasteiger partial charge in [-0.15, -0.1) is 6.58 Å². The van der Waals surface area contributed by atoms with Gasteiger partial charge in [-0.1, -0.05) is 38.2 Å². The second kappa shape index (κ2) is 7.43. The molecule has 0 saturated carbocycles. The molecule has 1 heteroatoms. The average molecular weight is 193 g/mol. The number of hydrogen-bond acceptors (Lipinski definition) is 1. The topological polar surface area (TPSA) is 12.0 Å². The molecule has 0 aliphatic rings. The largest absolute Gasteiger partial charge is 0.382 e. The van der Waals surface area contributed by atoms with E-state index in [2.05, 4.69) is 38.9 Å². The van der Waals surface area contributed by atoms with Crippen molar-refractivity contribution in [3.63, 3.8) is 0 Å². The molecule has 0 aromatic rings. The molecule has 0 heterocycles. The zero-order valence-electron chi connectivity index (χ0n) is 9.60. The first-order valence-electron chi connectivity index (χ1n) is 5.32. The van der Waals surface area contributed by atoms with Crippen LogP contribution < -0.4 is 5.32 Å². The molecule has 0 aliphatic carbocycles. The molecule has 14 heavy (non-hydrogen) atoms. The summed E-state index contributed by atoms with van der Waals surface area (Å²) in [5.74, 6) is 0. The van der Waals surface area contributed by atoms with E-state index in [1.54, 1.807) is 0 Å². The van der Waals surface area contributed by atoms with Crippen molar-refractivity contribution in [2.75, 3.05) is 0 Å². The predicted molar refractivity (Wildman–Crippen MR) is 65.2 cm³/mol. The molecule has 0 spiro atoms. The summed E-state index contributed by atoms with van der Waals surface area (Å²) < 4.78 is 0. The lowest BCUT2D eigenvalue weighted by Crippen LogP contribution is -2.28. The van der Waals surface area contributed by atoms with Crippen molar-refractivity contribution >= 4 is 0 Å². The molecule has 1 atom stereocenters. The van der Waals surface area contributed by atoms with Crippen molar-refractivity contribution in [3.05, 3.63) is 37.1 Å². The van der Waals surface area contributed by atoms with Crippen molar-refractivity contribution in [2.45, 2.75) is 45.6 Å². The molecule has 0 aliphatic heterocycles. The monoisotopic (exact) mass is 193 g/mol. The van der Waals surface area contributed by atoms with Gasteiger partial charge in [0.2, 0.25) is 0 Å². The summed E-state index contributed by atoms with van der Waals surface area (Å²) in [6.07, 6.45) is 6.17. The Morgan fingerprint density at radius 3 is 2.50 bits per heavy atom. The Morgan fingerprint density at radius 1 is 1.43 bits per heavy atom. The minimum atomic E-state index is 0.386. The third kappa shape index (κ3) is 5.63. The van der Waals surface area contributed by atoms with Crippen LogP contribution >= 0.6 is 0 Å². The molecular formula is C13H23N. The maximum atomic E-state index is 4.00. The number of nitrogens with one attached hydrogen (secondary N) is 1. The molecular weight excluding hydrogens is 170 g/mol. The van der Waals surface area contributed by atoms with E-state index in [9.17, 15) is 0 Å². The van der Waals surface area contributed by atoms with Gasteiger partial charge in [-0.3, -0.25) is 0 Å². The number of rotatable bonds is 8. The van der Waals surface area contributed by atoms with Crippen LogP contribution in [0.25, 0.3) is 0 Å². The molecule has 1 unspecified atom stereocenters. The summed E-state index contributed by atoms with van der Waals surface area (Å²) in [5, 5.41) is 3.41. The number of allylic oxidation sites excluding steroid dienone is 2. The highest BCUT2D eigenvalue weighted by Crippen LogP contribution is 2.10. The molecule has 0 aromatic heterocycles. The molecule has 80 valence electrons. The van der Waals surface area contributed by atoms with Crippen LogP contribution in [-0.2, 0) is 0 Å². The Bertz CT molecular complexity index is 203. The first kappa shape index (κ1) is 13.0. The normalized spacial score (nSPS) is 11.9. The highest BCUT2D eigenvalue weighted by atomic mass is 14.9. The molecule has 0 amide bonds. The van der Waals surface area contributed by atoms with Gasteiger partial charge in [-0.25, -0.2) is 0 Å². The molecule has 0 aromatic carbocycles. The smallest absolute Gasteiger partial charge is 0.0465 e. The minimum absolute atomic E-state index is 0.386. The number of hydrogen-bond donors (Lipinski definition) is 1. The van der Waals surface area contributed by atoms with E-state index in [1.807, 2.05) is 6.08 Å². The van der Waals surface area contributed by atoms with Crippen molar-refractivity contribution in [1.29, 1.82) is 0 Å². The van der Waals surface area contributed by atoms with Crippen LogP contribution in [-0.4, -0.2) is 6.04 Å². The molecule has 1 N–H and O–H groups in total. The molecule has 1 nitrogen and oxygen atoms in total. The Morgan fingerprint density at radius 2 is 2.07 bits per heavy atom. The fraction of sp³-hybridized carbons (Fsp3) is 0.538. The van der Waals surface area contributed by atoms with Gasteiger partial charge in [-0.2, -0.15) is 0 Å².